The molecule has 1 N–H and O–H groups in total. The Morgan fingerprint density at radius 2 is 2.33 bits per heavy atom. The molecule has 0 atom stereocenters. The van der Waals surface area contributed by atoms with Crippen LogP contribution in [-0.2, 0) is 11.3 Å². The van der Waals surface area contributed by atoms with Crippen molar-refractivity contribution in [2.75, 3.05) is 0 Å². The van der Waals surface area contributed by atoms with E-state index in [1.54, 1.807) is 25.3 Å². The molecule has 0 saturated heterocycles. The zero-order valence-electron chi connectivity index (χ0n) is 8.11. The third-order valence-electron chi connectivity index (χ3n) is 1.76. The van der Waals surface area contributed by atoms with Crippen molar-refractivity contribution in [1.29, 1.82) is 0 Å². The molecule has 0 aliphatic rings. The molecule has 0 spiro atoms. The summed E-state index contributed by atoms with van der Waals surface area (Å²) < 4.78 is 1.91. The molecule has 1 aromatic heterocycles. The average molecular weight is 272 g/mol. The van der Waals surface area contributed by atoms with Crippen molar-refractivity contribution < 1.29 is 9.90 Å². The van der Waals surface area contributed by atoms with Crippen LogP contribution in [0.25, 0.3) is 0 Å². The molecule has 0 radical (unpaired) electrons. The summed E-state index contributed by atoms with van der Waals surface area (Å²) in [6.45, 7) is 1.95. The van der Waals surface area contributed by atoms with Crippen LogP contribution in [0.5, 0.6) is 0 Å². The standard InChI is InChI=1S/C10H10BrNO3/c1-7(5-9(13)14)6-12-4-2-3-8(11)10(12)15/h2-5H,6H2,1H3,(H,13,14)/b7-5-. The second-order valence-corrected chi connectivity index (χ2v) is 3.97. The first kappa shape index (κ1) is 11.7. The number of carbonyl (C=O) groups is 1. The molecule has 0 amide bonds. The van der Waals surface area contributed by atoms with E-state index in [9.17, 15) is 9.59 Å². The first-order chi connectivity index (χ1) is 7.00. The normalized spacial score (nSPS) is 11.5. The summed E-state index contributed by atoms with van der Waals surface area (Å²) in [5.74, 6) is -1.00. The second-order valence-electron chi connectivity index (χ2n) is 3.12. The number of hydrogen-bond donors (Lipinski definition) is 1. The minimum Gasteiger partial charge on any atom is -0.478 e. The van der Waals surface area contributed by atoms with Gasteiger partial charge >= 0.3 is 5.97 Å². The van der Waals surface area contributed by atoms with Gasteiger partial charge < -0.3 is 9.67 Å². The first-order valence-electron chi connectivity index (χ1n) is 4.26. The van der Waals surface area contributed by atoms with Crippen LogP contribution in [-0.4, -0.2) is 15.6 Å². The number of nitrogens with zero attached hydrogens (tertiary/aromatic N) is 1. The molecule has 0 saturated carbocycles. The molecule has 0 unspecified atom stereocenters. The topological polar surface area (TPSA) is 59.3 Å². The quantitative estimate of drug-likeness (QED) is 0.851. The lowest BCUT2D eigenvalue weighted by molar-refractivity contribution is -0.131. The summed E-state index contributed by atoms with van der Waals surface area (Å²) in [6.07, 6.45) is 2.71. The van der Waals surface area contributed by atoms with E-state index < -0.39 is 5.97 Å². The first-order valence-corrected chi connectivity index (χ1v) is 5.05. The number of aromatic nitrogens is 1. The van der Waals surface area contributed by atoms with E-state index in [0.29, 0.717) is 10.0 Å². The molecule has 0 aliphatic carbocycles. The third kappa shape index (κ3) is 3.36. The molecule has 0 aromatic carbocycles. The lowest BCUT2D eigenvalue weighted by Crippen LogP contribution is -2.20. The Bertz CT molecular complexity index is 462. The Morgan fingerprint density at radius 1 is 1.67 bits per heavy atom. The zero-order valence-corrected chi connectivity index (χ0v) is 9.69. The fraction of sp³-hybridized carbons (Fsp3) is 0.200. The van der Waals surface area contributed by atoms with Gasteiger partial charge in [0.05, 0.1) is 4.47 Å². The van der Waals surface area contributed by atoms with Crippen molar-refractivity contribution in [1.82, 2.24) is 4.57 Å². The predicted octanol–water partition coefficient (Wildman–Crippen LogP) is 1.64. The number of rotatable bonds is 3. The Balaban J connectivity index is 2.96. The van der Waals surface area contributed by atoms with Crippen LogP contribution in [0.15, 0.2) is 39.2 Å². The number of carboxylic acids is 1. The van der Waals surface area contributed by atoms with Crippen molar-refractivity contribution >= 4 is 21.9 Å². The minimum absolute atomic E-state index is 0.171. The molecule has 80 valence electrons. The van der Waals surface area contributed by atoms with E-state index in [0.717, 1.165) is 6.08 Å². The van der Waals surface area contributed by atoms with Crippen LogP contribution in [0.4, 0.5) is 0 Å². The van der Waals surface area contributed by atoms with Crippen LogP contribution in [0.1, 0.15) is 6.92 Å². The molecule has 1 aromatic rings. The van der Waals surface area contributed by atoms with E-state index in [-0.39, 0.29) is 12.1 Å². The maximum Gasteiger partial charge on any atom is 0.328 e. The van der Waals surface area contributed by atoms with Crippen molar-refractivity contribution in [3.05, 3.63) is 44.8 Å². The number of pyridine rings is 1. The predicted molar refractivity (Wildman–Crippen MR) is 59.8 cm³/mol. The van der Waals surface area contributed by atoms with Gasteiger partial charge in [-0.15, -0.1) is 0 Å². The van der Waals surface area contributed by atoms with Gasteiger partial charge in [0.15, 0.2) is 0 Å². The molecule has 0 bridgehead atoms. The highest BCUT2D eigenvalue weighted by atomic mass is 79.9. The van der Waals surface area contributed by atoms with Crippen molar-refractivity contribution in [2.24, 2.45) is 0 Å². The number of carboxylic acid groups (broad SMARTS) is 1. The fourth-order valence-corrected chi connectivity index (χ4v) is 1.54. The van der Waals surface area contributed by atoms with Gasteiger partial charge in [-0.3, -0.25) is 4.79 Å². The van der Waals surface area contributed by atoms with Crippen LogP contribution in [0.3, 0.4) is 0 Å². The van der Waals surface area contributed by atoms with Crippen LogP contribution >= 0.6 is 15.9 Å². The summed E-state index contributed by atoms with van der Waals surface area (Å²) in [7, 11) is 0. The SMILES string of the molecule is C/C(=C/C(=O)O)Cn1cccc(Br)c1=O. The van der Waals surface area contributed by atoms with Crippen LogP contribution in [0, 0.1) is 0 Å². The molecule has 1 heterocycles. The molecule has 0 fully saturated rings. The Hall–Kier alpha value is -1.36. The number of halogens is 1. The van der Waals surface area contributed by atoms with Crippen LogP contribution < -0.4 is 5.56 Å². The van der Waals surface area contributed by atoms with Gasteiger partial charge in [-0.2, -0.15) is 0 Å². The van der Waals surface area contributed by atoms with E-state index in [1.807, 2.05) is 0 Å². The minimum atomic E-state index is -1.00. The molecule has 15 heavy (non-hydrogen) atoms. The Kier molecular flexibility index (Phi) is 3.85. The van der Waals surface area contributed by atoms with Crippen molar-refractivity contribution in [3.63, 3.8) is 0 Å². The van der Waals surface area contributed by atoms with E-state index in [2.05, 4.69) is 15.9 Å². The highest BCUT2D eigenvalue weighted by Crippen LogP contribution is 2.03. The van der Waals surface area contributed by atoms with Gasteiger partial charge in [-0.25, -0.2) is 4.79 Å². The largest absolute Gasteiger partial charge is 0.478 e. The lowest BCUT2D eigenvalue weighted by Gasteiger charge is -2.05. The summed E-state index contributed by atoms with van der Waals surface area (Å²) in [6, 6.07) is 3.37. The highest BCUT2D eigenvalue weighted by molar-refractivity contribution is 9.10. The monoisotopic (exact) mass is 271 g/mol. The smallest absolute Gasteiger partial charge is 0.328 e. The van der Waals surface area contributed by atoms with Crippen molar-refractivity contribution in [3.8, 4) is 0 Å². The maximum absolute atomic E-state index is 11.5. The van der Waals surface area contributed by atoms with Gasteiger partial charge in [0, 0.05) is 18.8 Å². The van der Waals surface area contributed by atoms with Gasteiger partial charge in [-0.1, -0.05) is 0 Å². The van der Waals surface area contributed by atoms with Gasteiger partial charge in [0.1, 0.15) is 0 Å². The van der Waals surface area contributed by atoms with Gasteiger partial charge in [0.2, 0.25) is 0 Å². The molecular weight excluding hydrogens is 262 g/mol. The summed E-state index contributed by atoms with van der Waals surface area (Å²) >= 11 is 3.12. The summed E-state index contributed by atoms with van der Waals surface area (Å²) in [5.41, 5.74) is 0.443. The maximum atomic E-state index is 11.5. The number of aliphatic carboxylic acids is 1. The average Bonchev–Trinajstić information content (AvgIpc) is 2.11. The number of hydrogen-bond acceptors (Lipinski definition) is 2. The van der Waals surface area contributed by atoms with Gasteiger partial charge in [0.25, 0.3) is 5.56 Å². The van der Waals surface area contributed by atoms with Crippen LogP contribution in [0.2, 0.25) is 0 Å². The molecule has 5 heteroatoms. The molecule has 1 rings (SSSR count). The van der Waals surface area contributed by atoms with E-state index in [4.69, 9.17) is 5.11 Å². The Morgan fingerprint density at radius 3 is 2.93 bits per heavy atom. The zero-order chi connectivity index (χ0) is 11.4. The molecule has 0 aliphatic heterocycles. The summed E-state index contributed by atoms with van der Waals surface area (Å²) in [5, 5.41) is 8.51. The van der Waals surface area contributed by atoms with E-state index >= 15 is 0 Å². The van der Waals surface area contributed by atoms with Crippen molar-refractivity contribution in [2.45, 2.75) is 13.5 Å². The highest BCUT2D eigenvalue weighted by Gasteiger charge is 2.01. The molecule has 4 nitrogen and oxygen atoms in total. The second kappa shape index (κ2) is 4.93. The third-order valence-corrected chi connectivity index (χ3v) is 2.37. The number of allylic oxidation sites excluding steroid dienone is 1. The lowest BCUT2D eigenvalue weighted by atomic mass is 10.3. The van der Waals surface area contributed by atoms with E-state index in [1.165, 1.54) is 4.57 Å². The molecular formula is C10H10BrNO3. The Labute approximate surface area is 95.0 Å². The fourth-order valence-electron chi connectivity index (χ4n) is 1.16. The van der Waals surface area contributed by atoms with Gasteiger partial charge in [-0.05, 0) is 40.6 Å². The summed E-state index contributed by atoms with van der Waals surface area (Å²) in [4.78, 5) is 21.9.